The summed E-state index contributed by atoms with van der Waals surface area (Å²) >= 11 is 1.58. The van der Waals surface area contributed by atoms with Gasteiger partial charge in [0.05, 0.1) is 7.11 Å². The zero-order valence-electron chi connectivity index (χ0n) is 15.2. The maximum atomic E-state index is 12.0. The third-order valence-corrected chi connectivity index (χ3v) is 4.64. The molecule has 5 nitrogen and oxygen atoms in total. The second-order valence-corrected chi connectivity index (χ2v) is 7.07. The number of amides is 1. The monoisotopic (exact) mass is 373 g/mol. The van der Waals surface area contributed by atoms with Gasteiger partial charge >= 0.3 is 5.97 Å². The van der Waals surface area contributed by atoms with Gasteiger partial charge in [-0.3, -0.25) is 4.79 Å². The molecule has 0 saturated carbocycles. The van der Waals surface area contributed by atoms with Crippen molar-refractivity contribution in [1.82, 2.24) is 5.32 Å². The van der Waals surface area contributed by atoms with Gasteiger partial charge in [-0.25, -0.2) is 4.79 Å². The summed E-state index contributed by atoms with van der Waals surface area (Å²) in [5, 5.41) is 2.77. The predicted molar refractivity (Wildman–Crippen MR) is 103 cm³/mol. The summed E-state index contributed by atoms with van der Waals surface area (Å²) in [4.78, 5) is 26.0. The molecule has 0 aliphatic carbocycles. The SMILES string of the molecule is COc1ccc(CCNC(=O)[C@H](C)OC(=O)/C=C/c2ccc(C)s2)cc1. The van der Waals surface area contributed by atoms with Gasteiger partial charge in [-0.1, -0.05) is 12.1 Å². The number of nitrogens with one attached hydrogen (secondary N) is 1. The fourth-order valence-electron chi connectivity index (χ4n) is 2.23. The van der Waals surface area contributed by atoms with Crippen LogP contribution in [0.4, 0.5) is 0 Å². The van der Waals surface area contributed by atoms with Gasteiger partial charge in [0.15, 0.2) is 6.10 Å². The maximum absolute atomic E-state index is 12.0. The Kier molecular flexibility index (Phi) is 7.41. The molecule has 0 fully saturated rings. The molecule has 0 bridgehead atoms. The highest BCUT2D eigenvalue weighted by Crippen LogP contribution is 2.16. The number of methoxy groups -OCH3 is 1. The third kappa shape index (κ3) is 6.37. The first kappa shape index (κ1) is 19.7. The van der Waals surface area contributed by atoms with E-state index in [9.17, 15) is 9.59 Å². The first-order chi connectivity index (χ1) is 12.5. The van der Waals surface area contributed by atoms with Crippen molar-refractivity contribution in [2.75, 3.05) is 13.7 Å². The Balaban J connectivity index is 1.72. The Morgan fingerprint density at radius 2 is 1.92 bits per heavy atom. The molecule has 1 aromatic carbocycles. The maximum Gasteiger partial charge on any atom is 0.331 e. The standard InChI is InChI=1S/C20H23NO4S/c1-14-4-9-18(26-14)10-11-19(22)25-15(2)20(23)21-13-12-16-5-7-17(24-3)8-6-16/h4-11,15H,12-13H2,1-3H3,(H,21,23)/b11-10+/t15-/m0/s1. The molecule has 1 N–H and O–H groups in total. The Morgan fingerprint density at radius 1 is 1.19 bits per heavy atom. The Hall–Kier alpha value is -2.60. The number of hydrogen-bond acceptors (Lipinski definition) is 5. The lowest BCUT2D eigenvalue weighted by Gasteiger charge is -2.12. The van der Waals surface area contributed by atoms with Crippen LogP contribution in [-0.2, 0) is 20.7 Å². The number of ether oxygens (including phenoxy) is 2. The molecular weight excluding hydrogens is 350 g/mol. The number of rotatable bonds is 8. The average molecular weight is 373 g/mol. The molecular formula is C20H23NO4S. The highest BCUT2D eigenvalue weighted by atomic mass is 32.1. The van der Waals surface area contributed by atoms with Crippen LogP contribution >= 0.6 is 11.3 Å². The molecule has 0 spiro atoms. The van der Waals surface area contributed by atoms with Crippen molar-refractivity contribution in [3.63, 3.8) is 0 Å². The second kappa shape index (κ2) is 9.77. The van der Waals surface area contributed by atoms with Crippen LogP contribution in [0.5, 0.6) is 5.75 Å². The lowest BCUT2D eigenvalue weighted by molar-refractivity contribution is -0.150. The quantitative estimate of drug-likeness (QED) is 0.569. The van der Waals surface area contributed by atoms with Crippen molar-refractivity contribution in [3.05, 3.63) is 57.8 Å². The van der Waals surface area contributed by atoms with Crippen molar-refractivity contribution < 1.29 is 19.1 Å². The predicted octanol–water partition coefficient (Wildman–Crippen LogP) is 3.37. The molecule has 0 radical (unpaired) electrons. The number of carbonyl (C=O) groups excluding carboxylic acids is 2. The number of benzene rings is 1. The number of hydrogen-bond donors (Lipinski definition) is 1. The van der Waals surface area contributed by atoms with Gasteiger partial charge in [-0.15, -0.1) is 11.3 Å². The fraction of sp³-hybridized carbons (Fsp3) is 0.300. The van der Waals surface area contributed by atoms with Gasteiger partial charge in [0.2, 0.25) is 0 Å². The van der Waals surface area contributed by atoms with Gasteiger partial charge < -0.3 is 14.8 Å². The van der Waals surface area contributed by atoms with E-state index in [0.29, 0.717) is 13.0 Å². The molecule has 0 unspecified atom stereocenters. The molecule has 0 aliphatic rings. The normalized spacial score (nSPS) is 12.0. The molecule has 2 aromatic rings. The summed E-state index contributed by atoms with van der Waals surface area (Å²) in [6.07, 6.45) is 2.88. The molecule has 1 aromatic heterocycles. The van der Waals surface area contributed by atoms with Crippen molar-refractivity contribution in [2.24, 2.45) is 0 Å². The van der Waals surface area contributed by atoms with Crippen LogP contribution in [0.2, 0.25) is 0 Å². The molecule has 138 valence electrons. The van der Waals surface area contributed by atoms with E-state index in [0.717, 1.165) is 16.2 Å². The van der Waals surface area contributed by atoms with E-state index in [1.165, 1.54) is 11.0 Å². The van der Waals surface area contributed by atoms with Crippen molar-refractivity contribution in [3.8, 4) is 5.75 Å². The summed E-state index contributed by atoms with van der Waals surface area (Å²) in [7, 11) is 1.62. The summed E-state index contributed by atoms with van der Waals surface area (Å²) in [6.45, 7) is 4.03. The van der Waals surface area contributed by atoms with Crippen LogP contribution < -0.4 is 10.1 Å². The summed E-state index contributed by atoms with van der Waals surface area (Å²) in [5.74, 6) is -0.0508. The Morgan fingerprint density at radius 3 is 2.54 bits per heavy atom. The van der Waals surface area contributed by atoms with Gasteiger partial charge in [0.25, 0.3) is 5.91 Å². The molecule has 2 rings (SSSR count). The summed E-state index contributed by atoms with van der Waals surface area (Å²) in [6, 6.07) is 11.6. The van der Waals surface area contributed by atoms with Gasteiger partial charge in [0.1, 0.15) is 5.75 Å². The molecule has 1 amide bonds. The average Bonchev–Trinajstić information content (AvgIpc) is 3.05. The highest BCUT2D eigenvalue weighted by molar-refractivity contribution is 7.12. The molecule has 1 heterocycles. The third-order valence-electron chi connectivity index (χ3n) is 3.68. The second-order valence-electron chi connectivity index (χ2n) is 5.75. The minimum Gasteiger partial charge on any atom is -0.497 e. The van der Waals surface area contributed by atoms with Gasteiger partial charge in [0, 0.05) is 22.4 Å². The van der Waals surface area contributed by atoms with Crippen LogP contribution in [-0.4, -0.2) is 31.6 Å². The van der Waals surface area contributed by atoms with Gasteiger partial charge in [-0.2, -0.15) is 0 Å². The molecule has 1 atom stereocenters. The van der Waals surface area contributed by atoms with E-state index < -0.39 is 12.1 Å². The number of aryl methyl sites for hydroxylation is 1. The highest BCUT2D eigenvalue weighted by Gasteiger charge is 2.15. The summed E-state index contributed by atoms with van der Waals surface area (Å²) < 4.78 is 10.2. The van der Waals surface area contributed by atoms with Crippen LogP contribution in [0.1, 0.15) is 22.2 Å². The van der Waals surface area contributed by atoms with Crippen LogP contribution in [0.3, 0.4) is 0 Å². The summed E-state index contributed by atoms with van der Waals surface area (Å²) in [5.41, 5.74) is 1.09. The zero-order chi connectivity index (χ0) is 18.9. The van der Waals surface area contributed by atoms with E-state index >= 15 is 0 Å². The lowest BCUT2D eigenvalue weighted by atomic mass is 10.1. The molecule has 0 saturated heterocycles. The van der Waals surface area contributed by atoms with Crippen LogP contribution in [0.25, 0.3) is 6.08 Å². The lowest BCUT2D eigenvalue weighted by Crippen LogP contribution is -2.36. The van der Waals surface area contributed by atoms with E-state index in [2.05, 4.69) is 5.32 Å². The number of carbonyl (C=O) groups is 2. The van der Waals surface area contributed by atoms with Crippen molar-refractivity contribution >= 4 is 29.3 Å². The van der Waals surface area contributed by atoms with Crippen molar-refractivity contribution in [1.29, 1.82) is 0 Å². The Labute approximate surface area is 157 Å². The first-order valence-electron chi connectivity index (χ1n) is 8.33. The molecule has 0 aliphatic heterocycles. The van der Waals surface area contributed by atoms with E-state index in [4.69, 9.17) is 9.47 Å². The minimum atomic E-state index is -0.840. The van der Waals surface area contributed by atoms with E-state index in [1.807, 2.05) is 43.3 Å². The first-order valence-corrected chi connectivity index (χ1v) is 9.15. The van der Waals surface area contributed by atoms with E-state index in [-0.39, 0.29) is 5.91 Å². The smallest absolute Gasteiger partial charge is 0.331 e. The Bertz CT molecular complexity index is 764. The fourth-order valence-corrected chi connectivity index (χ4v) is 3.01. The number of esters is 1. The topological polar surface area (TPSA) is 64.6 Å². The molecule has 6 heteroatoms. The zero-order valence-corrected chi connectivity index (χ0v) is 16.0. The van der Waals surface area contributed by atoms with Crippen LogP contribution in [0.15, 0.2) is 42.5 Å². The minimum absolute atomic E-state index is 0.313. The number of thiophene rings is 1. The van der Waals surface area contributed by atoms with Gasteiger partial charge in [-0.05, 0) is 56.2 Å². The van der Waals surface area contributed by atoms with E-state index in [1.54, 1.807) is 31.4 Å². The van der Waals surface area contributed by atoms with Crippen LogP contribution in [0, 0.1) is 6.92 Å². The largest absolute Gasteiger partial charge is 0.497 e. The molecule has 26 heavy (non-hydrogen) atoms. The van der Waals surface area contributed by atoms with Crippen molar-refractivity contribution in [2.45, 2.75) is 26.4 Å².